The van der Waals surface area contributed by atoms with Gasteiger partial charge in [0.25, 0.3) is 0 Å². The fourth-order valence-corrected chi connectivity index (χ4v) is 5.42. The molecule has 0 spiro atoms. The summed E-state index contributed by atoms with van der Waals surface area (Å²) in [5.74, 6) is 0.388. The highest BCUT2D eigenvalue weighted by Crippen LogP contribution is 2.30. The molecule has 0 bridgehead atoms. The van der Waals surface area contributed by atoms with Crippen LogP contribution in [-0.4, -0.2) is 94.5 Å². The standard InChI is InChI=1S/C23H37N3O5S/c1-4-8-14-11-17(26(2)13-14)22(30)25-16(12-24-15-9-6-5-7-10-15)21-19(28)18(27)20(29)23(31-21)32-3/h5-7,9-10,14,16-21,23-24,27-29H,4,8,11-13H2,1-3H3,(H,25,30)/t14?,16-,17+,18?,19?,20-,21-,23?/m1/s1. The average molecular weight is 468 g/mol. The molecule has 3 rings (SSSR count). The summed E-state index contributed by atoms with van der Waals surface area (Å²) in [7, 11) is 1.97. The number of likely N-dealkylation sites (tertiary alicyclic amines) is 1. The van der Waals surface area contributed by atoms with Crippen molar-refractivity contribution in [3.63, 3.8) is 0 Å². The summed E-state index contributed by atoms with van der Waals surface area (Å²) in [6.07, 6.45) is 0.00137. The minimum Gasteiger partial charge on any atom is -0.388 e. The summed E-state index contributed by atoms with van der Waals surface area (Å²) in [5, 5.41) is 37.7. The van der Waals surface area contributed by atoms with E-state index in [2.05, 4.69) is 22.5 Å². The largest absolute Gasteiger partial charge is 0.388 e. The lowest BCUT2D eigenvalue weighted by Gasteiger charge is -2.43. The van der Waals surface area contributed by atoms with Gasteiger partial charge in [0.1, 0.15) is 29.9 Å². The number of benzene rings is 1. The van der Waals surface area contributed by atoms with Gasteiger partial charge in [-0.15, -0.1) is 11.8 Å². The Hall–Kier alpha value is -1.36. The second kappa shape index (κ2) is 11.7. The number of hydrogen-bond donors (Lipinski definition) is 5. The first kappa shape index (κ1) is 25.3. The van der Waals surface area contributed by atoms with Crippen LogP contribution in [0, 0.1) is 5.92 Å². The van der Waals surface area contributed by atoms with Gasteiger partial charge < -0.3 is 30.7 Å². The minimum absolute atomic E-state index is 0.108. The first-order valence-electron chi connectivity index (χ1n) is 11.4. The number of thioether (sulfide) groups is 1. The Morgan fingerprint density at radius 2 is 1.94 bits per heavy atom. The Bertz CT molecular complexity index is 725. The molecule has 9 heteroatoms. The molecule has 0 aromatic heterocycles. The van der Waals surface area contributed by atoms with Crippen molar-refractivity contribution in [1.29, 1.82) is 0 Å². The lowest BCUT2D eigenvalue weighted by molar-refractivity contribution is -0.204. The smallest absolute Gasteiger partial charge is 0.237 e. The molecule has 0 aliphatic carbocycles. The number of amides is 1. The molecule has 180 valence electrons. The quantitative estimate of drug-likeness (QED) is 0.364. The van der Waals surface area contributed by atoms with Gasteiger partial charge in [0.15, 0.2) is 0 Å². The number of nitrogens with zero attached hydrogens (tertiary/aromatic N) is 1. The van der Waals surface area contributed by atoms with Gasteiger partial charge in [-0.2, -0.15) is 0 Å². The van der Waals surface area contributed by atoms with Crippen LogP contribution in [0.4, 0.5) is 5.69 Å². The fourth-order valence-electron chi connectivity index (χ4n) is 4.74. The zero-order chi connectivity index (χ0) is 23.3. The van der Waals surface area contributed by atoms with Gasteiger partial charge in [-0.3, -0.25) is 9.69 Å². The Morgan fingerprint density at radius 3 is 2.59 bits per heavy atom. The Morgan fingerprint density at radius 1 is 1.22 bits per heavy atom. The summed E-state index contributed by atoms with van der Waals surface area (Å²) in [6.45, 7) is 3.35. The molecule has 2 heterocycles. The average Bonchev–Trinajstić information content (AvgIpc) is 3.16. The molecule has 2 fully saturated rings. The molecule has 8 atom stereocenters. The van der Waals surface area contributed by atoms with Crippen molar-refractivity contribution in [3.8, 4) is 0 Å². The van der Waals surface area contributed by atoms with Crippen LogP contribution in [0.5, 0.6) is 0 Å². The molecule has 0 saturated carbocycles. The SMILES string of the molecule is CCCC1C[C@@H](C(=O)N[C@H](CNc2ccccc2)[C@H]2OC(SC)[C@H](O)C(O)C2O)N(C)C1. The third kappa shape index (κ3) is 5.95. The van der Waals surface area contributed by atoms with E-state index in [1.54, 1.807) is 6.26 Å². The van der Waals surface area contributed by atoms with Crippen LogP contribution in [0.15, 0.2) is 30.3 Å². The van der Waals surface area contributed by atoms with Gasteiger partial charge in [0, 0.05) is 18.8 Å². The van der Waals surface area contributed by atoms with E-state index in [4.69, 9.17) is 4.74 Å². The molecule has 1 aromatic carbocycles. The zero-order valence-corrected chi connectivity index (χ0v) is 19.9. The van der Waals surface area contributed by atoms with Gasteiger partial charge in [-0.1, -0.05) is 31.5 Å². The summed E-state index contributed by atoms with van der Waals surface area (Å²) in [5.41, 5.74) is 0.178. The van der Waals surface area contributed by atoms with E-state index in [0.717, 1.165) is 31.5 Å². The molecular formula is C23H37N3O5S. The third-order valence-electron chi connectivity index (χ3n) is 6.50. The molecule has 1 amide bonds. The lowest BCUT2D eigenvalue weighted by Crippen LogP contribution is -2.64. The van der Waals surface area contributed by atoms with Crippen LogP contribution in [0.25, 0.3) is 0 Å². The number of para-hydroxylation sites is 1. The predicted molar refractivity (Wildman–Crippen MR) is 126 cm³/mol. The molecule has 8 nitrogen and oxygen atoms in total. The van der Waals surface area contributed by atoms with Crippen molar-refractivity contribution in [3.05, 3.63) is 30.3 Å². The minimum atomic E-state index is -1.36. The van der Waals surface area contributed by atoms with Crippen LogP contribution in [0.3, 0.4) is 0 Å². The number of aliphatic hydroxyl groups excluding tert-OH is 3. The molecule has 2 saturated heterocycles. The Balaban J connectivity index is 1.75. The third-order valence-corrected chi connectivity index (χ3v) is 7.35. The maximum atomic E-state index is 13.2. The topological polar surface area (TPSA) is 114 Å². The molecule has 32 heavy (non-hydrogen) atoms. The van der Waals surface area contributed by atoms with Crippen LogP contribution >= 0.6 is 11.8 Å². The number of anilines is 1. The molecule has 0 radical (unpaired) electrons. The fraction of sp³-hybridized carbons (Fsp3) is 0.696. The number of carbonyl (C=O) groups is 1. The number of likely N-dealkylation sites (N-methyl/N-ethyl adjacent to an activating group) is 1. The van der Waals surface area contributed by atoms with E-state index in [1.165, 1.54) is 11.8 Å². The summed E-state index contributed by atoms with van der Waals surface area (Å²) in [4.78, 5) is 15.3. The van der Waals surface area contributed by atoms with Crippen molar-refractivity contribution in [2.24, 2.45) is 5.92 Å². The molecule has 1 aromatic rings. The van der Waals surface area contributed by atoms with Crippen LogP contribution in [0.1, 0.15) is 26.2 Å². The summed E-state index contributed by atoms with van der Waals surface area (Å²) < 4.78 is 5.97. The monoisotopic (exact) mass is 467 g/mol. The second-order valence-corrected chi connectivity index (χ2v) is 9.82. The van der Waals surface area contributed by atoms with Gasteiger partial charge in [-0.05, 0) is 44.2 Å². The predicted octanol–water partition coefficient (Wildman–Crippen LogP) is 0.874. The van der Waals surface area contributed by atoms with Crippen molar-refractivity contribution in [2.75, 3.05) is 31.7 Å². The molecule has 2 aliphatic rings. The Labute approximate surface area is 194 Å². The number of rotatable bonds is 9. The highest BCUT2D eigenvalue weighted by Gasteiger charge is 2.47. The summed E-state index contributed by atoms with van der Waals surface area (Å²) >= 11 is 1.26. The van der Waals surface area contributed by atoms with E-state index < -0.39 is 35.9 Å². The molecular weight excluding hydrogens is 430 g/mol. The maximum Gasteiger partial charge on any atom is 0.237 e. The zero-order valence-electron chi connectivity index (χ0n) is 19.1. The maximum absolute atomic E-state index is 13.2. The van der Waals surface area contributed by atoms with E-state index in [9.17, 15) is 20.1 Å². The molecule has 2 aliphatic heterocycles. The van der Waals surface area contributed by atoms with Crippen LogP contribution in [-0.2, 0) is 9.53 Å². The van der Waals surface area contributed by atoms with Gasteiger partial charge in [-0.25, -0.2) is 0 Å². The van der Waals surface area contributed by atoms with Crippen LogP contribution < -0.4 is 10.6 Å². The van der Waals surface area contributed by atoms with Crippen molar-refractivity contribution < 1.29 is 24.9 Å². The van der Waals surface area contributed by atoms with Crippen LogP contribution in [0.2, 0.25) is 0 Å². The van der Waals surface area contributed by atoms with E-state index in [-0.39, 0.29) is 11.9 Å². The molecule has 5 N–H and O–H groups in total. The van der Waals surface area contributed by atoms with Gasteiger partial charge >= 0.3 is 0 Å². The normalized spacial score (nSPS) is 34.2. The number of ether oxygens (including phenoxy) is 1. The number of aliphatic hydroxyl groups is 3. The summed E-state index contributed by atoms with van der Waals surface area (Å²) in [6, 6.07) is 8.73. The van der Waals surface area contributed by atoms with Gasteiger partial charge in [0.05, 0.1) is 12.1 Å². The number of nitrogens with one attached hydrogen (secondary N) is 2. The second-order valence-electron chi connectivity index (χ2n) is 8.88. The first-order chi connectivity index (χ1) is 15.3. The van der Waals surface area contributed by atoms with E-state index in [1.807, 2.05) is 37.4 Å². The van der Waals surface area contributed by atoms with E-state index >= 15 is 0 Å². The lowest BCUT2D eigenvalue weighted by atomic mass is 9.94. The highest BCUT2D eigenvalue weighted by atomic mass is 32.2. The first-order valence-corrected chi connectivity index (χ1v) is 12.7. The molecule has 4 unspecified atom stereocenters. The number of hydrogen-bond acceptors (Lipinski definition) is 8. The van der Waals surface area contributed by atoms with Crippen molar-refractivity contribution in [2.45, 2.75) is 68.1 Å². The van der Waals surface area contributed by atoms with Gasteiger partial charge in [0.2, 0.25) is 5.91 Å². The number of carbonyl (C=O) groups excluding carboxylic acids is 1. The van der Waals surface area contributed by atoms with E-state index in [0.29, 0.717) is 12.5 Å². The highest BCUT2D eigenvalue weighted by molar-refractivity contribution is 7.99. The van der Waals surface area contributed by atoms with Crippen molar-refractivity contribution in [1.82, 2.24) is 10.2 Å². The Kier molecular flexibility index (Phi) is 9.22. The van der Waals surface area contributed by atoms with Crippen molar-refractivity contribution >= 4 is 23.4 Å².